The lowest BCUT2D eigenvalue weighted by Gasteiger charge is -2.20. The van der Waals surface area contributed by atoms with Crippen LogP contribution in [0.3, 0.4) is 0 Å². The number of fused-ring (bicyclic) bond motifs is 1. The minimum Gasteiger partial charge on any atom is -0.459 e. The van der Waals surface area contributed by atoms with Crippen LogP contribution in [-0.4, -0.2) is 41.8 Å². The molecular weight excluding hydrogens is 472 g/mol. The predicted molar refractivity (Wildman–Crippen MR) is 129 cm³/mol. The molecular formula is C24H23ClN6O4. The molecule has 0 aliphatic carbocycles. The number of halogens is 1. The van der Waals surface area contributed by atoms with E-state index < -0.39 is 29.6 Å². The number of ether oxygens (including phenoxy) is 1. The fourth-order valence-electron chi connectivity index (χ4n) is 3.38. The monoisotopic (exact) mass is 494 g/mol. The molecule has 0 aliphatic heterocycles. The van der Waals surface area contributed by atoms with Crippen molar-refractivity contribution >= 4 is 34.5 Å². The summed E-state index contributed by atoms with van der Waals surface area (Å²) in [5, 5.41) is 7.86. The number of hydrogen-bond donors (Lipinski definition) is 1. The summed E-state index contributed by atoms with van der Waals surface area (Å²) < 4.78 is 7.96. The molecule has 35 heavy (non-hydrogen) atoms. The summed E-state index contributed by atoms with van der Waals surface area (Å²) in [5.41, 5.74) is -0.506. The summed E-state index contributed by atoms with van der Waals surface area (Å²) >= 11 is 5.91. The molecule has 180 valence electrons. The van der Waals surface area contributed by atoms with Crippen molar-refractivity contribution in [3.05, 3.63) is 81.6 Å². The fourth-order valence-corrected chi connectivity index (χ4v) is 3.51. The van der Waals surface area contributed by atoms with Crippen LogP contribution >= 0.6 is 11.6 Å². The van der Waals surface area contributed by atoms with Crippen molar-refractivity contribution in [3.63, 3.8) is 0 Å². The van der Waals surface area contributed by atoms with E-state index >= 15 is 0 Å². The zero-order valence-corrected chi connectivity index (χ0v) is 20.1. The first kappa shape index (κ1) is 24.1. The quantitative estimate of drug-likeness (QED) is 0.409. The minimum absolute atomic E-state index is 0.120. The maximum absolute atomic E-state index is 13.4. The average Bonchev–Trinajstić information content (AvgIpc) is 3.34. The number of pyridine rings is 2. The van der Waals surface area contributed by atoms with Crippen molar-refractivity contribution in [1.82, 2.24) is 29.6 Å². The number of hydrogen-bond acceptors (Lipinski definition) is 7. The molecule has 4 aromatic rings. The van der Waals surface area contributed by atoms with E-state index in [4.69, 9.17) is 16.3 Å². The van der Waals surface area contributed by atoms with Crippen molar-refractivity contribution in [2.45, 2.75) is 39.5 Å². The normalized spacial score (nSPS) is 11.4. The number of esters is 1. The van der Waals surface area contributed by atoms with Gasteiger partial charge in [-0.15, -0.1) is 0 Å². The number of benzene rings is 1. The molecule has 1 amide bonds. The van der Waals surface area contributed by atoms with E-state index in [1.807, 2.05) is 0 Å². The fraction of sp³-hybridized carbons (Fsp3) is 0.250. The maximum Gasteiger partial charge on any atom is 0.326 e. The third kappa shape index (κ3) is 5.72. The van der Waals surface area contributed by atoms with Crippen molar-refractivity contribution in [2.75, 3.05) is 0 Å². The molecule has 1 aromatic carbocycles. The van der Waals surface area contributed by atoms with Crippen LogP contribution in [0.15, 0.2) is 59.9 Å². The van der Waals surface area contributed by atoms with Gasteiger partial charge in [0.05, 0.1) is 0 Å². The summed E-state index contributed by atoms with van der Waals surface area (Å²) in [6.07, 6.45) is 2.82. The Morgan fingerprint density at radius 1 is 1.11 bits per heavy atom. The maximum atomic E-state index is 13.4. The summed E-state index contributed by atoms with van der Waals surface area (Å²) in [6.45, 7) is 4.97. The Kier molecular flexibility index (Phi) is 6.65. The molecule has 1 N–H and O–H groups in total. The van der Waals surface area contributed by atoms with Crippen molar-refractivity contribution in [1.29, 1.82) is 0 Å². The SMILES string of the molecule is CC(C)(C)OC(=O)Cn1c(=O)c(C(=O)NCc2ccc(Cl)cc2)cc2ccc(-n3cncn3)nc21. The van der Waals surface area contributed by atoms with Crippen LogP contribution in [0, 0.1) is 0 Å². The first-order chi connectivity index (χ1) is 16.6. The van der Waals surface area contributed by atoms with E-state index in [0.29, 0.717) is 16.2 Å². The second-order valence-corrected chi connectivity index (χ2v) is 9.20. The van der Waals surface area contributed by atoms with E-state index in [9.17, 15) is 14.4 Å². The lowest BCUT2D eigenvalue weighted by atomic mass is 10.1. The zero-order valence-electron chi connectivity index (χ0n) is 19.4. The molecule has 0 atom stereocenters. The van der Waals surface area contributed by atoms with Crippen molar-refractivity contribution in [2.24, 2.45) is 0 Å². The highest BCUT2D eigenvalue weighted by Crippen LogP contribution is 2.16. The topological polar surface area (TPSA) is 121 Å². The van der Waals surface area contributed by atoms with Crippen LogP contribution in [0.25, 0.3) is 16.9 Å². The third-order valence-corrected chi connectivity index (χ3v) is 5.15. The first-order valence-corrected chi connectivity index (χ1v) is 11.1. The van der Waals surface area contributed by atoms with Crippen LogP contribution in [0.2, 0.25) is 5.02 Å². The standard InChI is InChI=1S/C24H23ClN6O4/c1-24(2,3)35-20(32)12-30-21-16(6-9-19(29-21)31-14-26-13-28-31)10-18(23(30)34)22(33)27-11-15-4-7-17(25)8-5-15/h4-10,13-14H,11-12H2,1-3H3,(H,27,33). The highest BCUT2D eigenvalue weighted by molar-refractivity contribution is 6.30. The van der Waals surface area contributed by atoms with Crippen LogP contribution in [0.5, 0.6) is 0 Å². The van der Waals surface area contributed by atoms with Crippen LogP contribution in [0.4, 0.5) is 0 Å². The molecule has 0 aliphatic rings. The molecule has 0 unspecified atom stereocenters. The van der Waals surface area contributed by atoms with Crippen molar-refractivity contribution in [3.8, 4) is 5.82 Å². The van der Waals surface area contributed by atoms with Gasteiger partial charge >= 0.3 is 5.97 Å². The van der Waals surface area contributed by atoms with Gasteiger partial charge < -0.3 is 10.1 Å². The Hall–Kier alpha value is -4.05. The Labute approximate surface area is 205 Å². The molecule has 0 saturated heterocycles. The number of carbonyl (C=O) groups excluding carboxylic acids is 2. The van der Waals surface area contributed by atoms with Crippen LogP contribution in [0.1, 0.15) is 36.7 Å². The van der Waals surface area contributed by atoms with E-state index in [1.54, 1.807) is 57.2 Å². The zero-order chi connectivity index (χ0) is 25.2. The van der Waals surface area contributed by atoms with Gasteiger partial charge in [-0.25, -0.2) is 14.6 Å². The van der Waals surface area contributed by atoms with E-state index in [2.05, 4.69) is 20.4 Å². The summed E-state index contributed by atoms with van der Waals surface area (Å²) in [4.78, 5) is 47.4. The summed E-state index contributed by atoms with van der Waals surface area (Å²) in [5.74, 6) is -0.815. The predicted octanol–water partition coefficient (Wildman–Crippen LogP) is 2.90. The van der Waals surface area contributed by atoms with Gasteiger partial charge in [0.1, 0.15) is 36.0 Å². The Morgan fingerprint density at radius 3 is 2.51 bits per heavy atom. The molecule has 4 rings (SSSR count). The summed E-state index contributed by atoms with van der Waals surface area (Å²) in [7, 11) is 0. The van der Waals surface area contributed by atoms with Gasteiger partial charge in [-0.3, -0.25) is 19.0 Å². The lowest BCUT2D eigenvalue weighted by molar-refractivity contribution is -0.155. The van der Waals surface area contributed by atoms with E-state index in [-0.39, 0.29) is 17.8 Å². The minimum atomic E-state index is -0.747. The molecule has 0 fully saturated rings. The summed E-state index contributed by atoms with van der Waals surface area (Å²) in [6, 6.07) is 11.8. The molecule has 0 saturated carbocycles. The average molecular weight is 495 g/mol. The highest BCUT2D eigenvalue weighted by atomic mass is 35.5. The second-order valence-electron chi connectivity index (χ2n) is 8.77. The number of amides is 1. The highest BCUT2D eigenvalue weighted by Gasteiger charge is 2.22. The van der Waals surface area contributed by atoms with Crippen LogP contribution in [-0.2, 0) is 22.6 Å². The van der Waals surface area contributed by atoms with Crippen molar-refractivity contribution < 1.29 is 14.3 Å². The Morgan fingerprint density at radius 2 is 1.86 bits per heavy atom. The smallest absolute Gasteiger partial charge is 0.326 e. The number of rotatable bonds is 6. The third-order valence-electron chi connectivity index (χ3n) is 4.89. The Bertz CT molecular complexity index is 1440. The van der Waals surface area contributed by atoms with Gasteiger partial charge in [0, 0.05) is 17.0 Å². The molecule has 10 nitrogen and oxygen atoms in total. The van der Waals surface area contributed by atoms with E-state index in [0.717, 1.165) is 10.1 Å². The van der Waals surface area contributed by atoms with Gasteiger partial charge in [-0.2, -0.15) is 5.10 Å². The molecule has 3 aromatic heterocycles. The number of nitrogens with zero attached hydrogens (tertiary/aromatic N) is 5. The largest absolute Gasteiger partial charge is 0.459 e. The van der Waals surface area contributed by atoms with Gasteiger partial charge in [0.25, 0.3) is 11.5 Å². The number of nitrogens with one attached hydrogen (secondary N) is 1. The number of carbonyl (C=O) groups is 2. The molecule has 3 heterocycles. The lowest BCUT2D eigenvalue weighted by Crippen LogP contribution is -2.36. The second kappa shape index (κ2) is 9.67. The van der Waals surface area contributed by atoms with Gasteiger partial charge in [0.15, 0.2) is 5.82 Å². The van der Waals surface area contributed by atoms with E-state index in [1.165, 1.54) is 23.4 Å². The molecule has 0 spiro atoms. The van der Waals surface area contributed by atoms with Crippen LogP contribution < -0.4 is 10.9 Å². The Balaban J connectivity index is 1.73. The molecule has 0 radical (unpaired) electrons. The van der Waals surface area contributed by atoms with Gasteiger partial charge in [-0.05, 0) is 56.7 Å². The molecule has 0 bridgehead atoms. The van der Waals surface area contributed by atoms with Gasteiger partial charge in [-0.1, -0.05) is 23.7 Å². The molecule has 11 heteroatoms. The number of aromatic nitrogens is 5. The first-order valence-electron chi connectivity index (χ1n) is 10.7. The van der Waals surface area contributed by atoms with Gasteiger partial charge in [0.2, 0.25) is 0 Å².